The summed E-state index contributed by atoms with van der Waals surface area (Å²) in [5.74, 6) is 0.0862. The van der Waals surface area contributed by atoms with Gasteiger partial charge in [-0.1, -0.05) is 6.07 Å². The van der Waals surface area contributed by atoms with E-state index in [1.807, 2.05) is 41.2 Å². The molecule has 2 aromatic heterocycles. The Bertz CT molecular complexity index is 1280. The van der Waals surface area contributed by atoms with Crippen molar-refractivity contribution < 1.29 is 22.1 Å². The lowest BCUT2D eigenvalue weighted by atomic mass is 10.1. The van der Waals surface area contributed by atoms with Crippen molar-refractivity contribution in [2.24, 2.45) is 0 Å². The van der Waals surface area contributed by atoms with Gasteiger partial charge in [0.15, 0.2) is 5.13 Å². The number of halogens is 1. The quantitative estimate of drug-likeness (QED) is 0.239. The molecule has 11 nitrogen and oxygen atoms in total. The first-order valence-corrected chi connectivity index (χ1v) is 14.0. The predicted octanol–water partition coefficient (Wildman–Crippen LogP) is 3.12. The highest BCUT2D eigenvalue weighted by Gasteiger charge is 2.31. The Morgan fingerprint density at radius 1 is 1.16 bits per heavy atom. The molecule has 1 fully saturated rings. The number of thiazole rings is 1. The highest BCUT2D eigenvalue weighted by molar-refractivity contribution is 14.1. The van der Waals surface area contributed by atoms with Crippen LogP contribution in [0.4, 0.5) is 16.5 Å². The van der Waals surface area contributed by atoms with Crippen LogP contribution in [0.1, 0.15) is 26.4 Å². The summed E-state index contributed by atoms with van der Waals surface area (Å²) in [7, 11) is 0. The third-order valence-electron chi connectivity index (χ3n) is 6.15. The molecule has 2 N–H and O–H groups in total. The molecule has 38 heavy (non-hydrogen) atoms. The first kappa shape index (κ1) is 26.7. The predicted molar refractivity (Wildman–Crippen MR) is 153 cm³/mol. The second kappa shape index (κ2) is 12.8. The van der Waals surface area contributed by atoms with Crippen molar-refractivity contribution in [3.05, 3.63) is 58.9 Å². The molecule has 0 spiro atoms. The van der Waals surface area contributed by atoms with Gasteiger partial charge in [0.1, 0.15) is 41.1 Å². The summed E-state index contributed by atoms with van der Waals surface area (Å²) in [6.45, 7) is 5.66. The number of amides is 2. The average Bonchev–Trinajstić information content (AvgIpc) is 3.56. The molecule has 3 aromatic rings. The lowest BCUT2D eigenvalue weighted by Gasteiger charge is -2.30. The fourth-order valence-electron chi connectivity index (χ4n) is 4.28. The zero-order valence-electron chi connectivity index (χ0n) is 20.5. The van der Waals surface area contributed by atoms with Crippen LogP contribution in [0, 0.1) is 0 Å². The zero-order chi connectivity index (χ0) is 26.3. The van der Waals surface area contributed by atoms with Crippen molar-refractivity contribution in [2.75, 3.05) is 67.7 Å². The molecule has 0 aliphatic carbocycles. The normalized spacial score (nSPS) is 15.0. The number of anilines is 3. The highest BCUT2D eigenvalue weighted by atomic mass is 127. The molecule has 2 amide bonds. The minimum absolute atomic E-state index is 0.171. The van der Waals surface area contributed by atoms with Gasteiger partial charge in [-0.15, -0.1) is 11.3 Å². The number of nitrogens with zero attached hydrogens (tertiary/aromatic N) is 4. The third kappa shape index (κ3) is 6.23. The Morgan fingerprint density at radius 2 is 2.00 bits per heavy atom. The smallest absolute Gasteiger partial charge is 0.275 e. The van der Waals surface area contributed by atoms with Crippen LogP contribution in [0.25, 0.3) is 0 Å². The largest absolute Gasteiger partial charge is 0.491 e. The van der Waals surface area contributed by atoms with E-state index in [1.54, 1.807) is 28.7 Å². The Hall–Kier alpha value is -2.85. The summed E-state index contributed by atoms with van der Waals surface area (Å²) in [5, 5.41) is 8.41. The molecular formula is C25H27IN6O5S. The first-order valence-electron chi connectivity index (χ1n) is 12.2. The SMILES string of the molecule is O=C(Nc1cnccc1N1CCNCC1)c1csc(N2Cc3ccc(OCCOCCOI)cc3C2=O)n1. The highest BCUT2D eigenvalue weighted by Crippen LogP contribution is 2.33. The summed E-state index contributed by atoms with van der Waals surface area (Å²) in [6.07, 6.45) is 3.37. The molecule has 1 aromatic carbocycles. The number of fused-ring (bicyclic) bond motifs is 1. The third-order valence-corrected chi connectivity index (χ3v) is 7.45. The number of aromatic nitrogens is 2. The molecule has 4 heterocycles. The van der Waals surface area contributed by atoms with Crippen molar-refractivity contribution >= 4 is 62.7 Å². The number of hydrogen-bond acceptors (Lipinski definition) is 10. The molecule has 2 aliphatic rings. The van der Waals surface area contributed by atoms with E-state index in [2.05, 4.69) is 25.5 Å². The second-order valence-electron chi connectivity index (χ2n) is 8.58. The number of nitrogens with one attached hydrogen (secondary N) is 2. The van der Waals surface area contributed by atoms with E-state index >= 15 is 0 Å². The number of ether oxygens (including phenoxy) is 2. The van der Waals surface area contributed by atoms with E-state index in [4.69, 9.17) is 12.5 Å². The summed E-state index contributed by atoms with van der Waals surface area (Å²) in [4.78, 5) is 38.7. The second-order valence-corrected chi connectivity index (χ2v) is 10.0. The minimum Gasteiger partial charge on any atom is -0.491 e. The molecule has 0 radical (unpaired) electrons. The number of carbonyl (C=O) groups is 2. The average molecular weight is 650 g/mol. The summed E-state index contributed by atoms with van der Waals surface area (Å²) >= 11 is 3.08. The molecular weight excluding hydrogens is 623 g/mol. The van der Waals surface area contributed by atoms with Crippen LogP contribution in [-0.2, 0) is 14.3 Å². The maximum Gasteiger partial charge on any atom is 0.275 e. The number of benzene rings is 1. The van der Waals surface area contributed by atoms with Gasteiger partial charge in [-0.2, -0.15) is 0 Å². The van der Waals surface area contributed by atoms with E-state index < -0.39 is 0 Å². The van der Waals surface area contributed by atoms with Gasteiger partial charge < -0.3 is 28.1 Å². The molecule has 13 heteroatoms. The zero-order valence-corrected chi connectivity index (χ0v) is 23.5. The number of pyridine rings is 1. The van der Waals surface area contributed by atoms with Crippen molar-refractivity contribution in [1.82, 2.24) is 15.3 Å². The Labute approximate surface area is 238 Å². The van der Waals surface area contributed by atoms with Crippen LogP contribution in [0.2, 0.25) is 0 Å². The Morgan fingerprint density at radius 3 is 2.84 bits per heavy atom. The maximum atomic E-state index is 13.2. The molecule has 0 atom stereocenters. The molecule has 0 saturated carbocycles. The standard InChI is InChI=1S/C25H27IN6O5S/c26-37-12-10-35-9-11-36-18-2-1-17-15-32(24(34)19(17)13-18)25-30-21(16-38-25)23(33)29-20-14-28-4-3-22(20)31-7-5-27-6-8-31/h1-4,13-14,16,27H,5-12,15H2,(H,29,33). The van der Waals surface area contributed by atoms with Gasteiger partial charge in [0.05, 0.1) is 43.9 Å². The van der Waals surface area contributed by atoms with E-state index in [-0.39, 0.29) is 17.5 Å². The number of carbonyl (C=O) groups excluding carboxylic acids is 2. The summed E-state index contributed by atoms with van der Waals surface area (Å²) < 4.78 is 16.0. The van der Waals surface area contributed by atoms with Gasteiger partial charge >= 0.3 is 0 Å². The van der Waals surface area contributed by atoms with E-state index in [1.165, 1.54) is 11.3 Å². The summed E-state index contributed by atoms with van der Waals surface area (Å²) in [6, 6.07) is 7.37. The van der Waals surface area contributed by atoms with Gasteiger partial charge in [0.25, 0.3) is 11.8 Å². The molecule has 0 unspecified atom stereocenters. The van der Waals surface area contributed by atoms with Crippen molar-refractivity contribution in [2.45, 2.75) is 6.54 Å². The van der Waals surface area contributed by atoms with Gasteiger partial charge in [0, 0.05) is 43.3 Å². The topological polar surface area (TPSA) is 118 Å². The van der Waals surface area contributed by atoms with Gasteiger partial charge in [-0.3, -0.25) is 19.5 Å². The van der Waals surface area contributed by atoms with Crippen LogP contribution in [0.15, 0.2) is 42.0 Å². The monoisotopic (exact) mass is 650 g/mol. The summed E-state index contributed by atoms with van der Waals surface area (Å²) in [5.41, 5.74) is 3.26. The van der Waals surface area contributed by atoms with Gasteiger partial charge in [-0.25, -0.2) is 4.98 Å². The number of hydrogen-bond donors (Lipinski definition) is 2. The molecule has 1 saturated heterocycles. The lowest BCUT2D eigenvalue weighted by molar-refractivity contribution is 0.0853. The van der Waals surface area contributed by atoms with E-state index in [9.17, 15) is 9.59 Å². The van der Waals surface area contributed by atoms with E-state index in [0.717, 1.165) is 37.4 Å². The van der Waals surface area contributed by atoms with Crippen LogP contribution in [-0.4, -0.2) is 74.4 Å². The fourth-order valence-corrected chi connectivity index (χ4v) is 5.26. The van der Waals surface area contributed by atoms with Crippen LogP contribution < -0.4 is 25.2 Å². The lowest BCUT2D eigenvalue weighted by Crippen LogP contribution is -2.43. The Balaban J connectivity index is 1.21. The Kier molecular flexibility index (Phi) is 9.01. The van der Waals surface area contributed by atoms with Crippen LogP contribution in [0.5, 0.6) is 5.75 Å². The van der Waals surface area contributed by atoms with Crippen LogP contribution in [0.3, 0.4) is 0 Å². The maximum absolute atomic E-state index is 13.2. The number of rotatable bonds is 11. The molecule has 0 bridgehead atoms. The van der Waals surface area contributed by atoms with E-state index in [0.29, 0.717) is 55.1 Å². The van der Waals surface area contributed by atoms with Crippen LogP contribution >= 0.6 is 34.3 Å². The van der Waals surface area contributed by atoms with Gasteiger partial charge in [-0.05, 0) is 23.8 Å². The first-order chi connectivity index (χ1) is 18.6. The minimum atomic E-state index is -0.344. The van der Waals surface area contributed by atoms with Crippen molar-refractivity contribution in [3.63, 3.8) is 0 Å². The van der Waals surface area contributed by atoms with Gasteiger partial charge in [0.2, 0.25) is 0 Å². The molecule has 2 aliphatic heterocycles. The fraction of sp³-hybridized carbons (Fsp3) is 0.360. The molecule has 5 rings (SSSR count). The molecule has 200 valence electrons. The van der Waals surface area contributed by atoms with Crippen molar-refractivity contribution in [3.8, 4) is 5.75 Å². The van der Waals surface area contributed by atoms with Crippen molar-refractivity contribution in [1.29, 1.82) is 0 Å². The number of piperazine rings is 1.